The van der Waals surface area contributed by atoms with Gasteiger partial charge in [0, 0.05) is 24.6 Å². The second-order valence-electron chi connectivity index (χ2n) is 7.44. The van der Waals surface area contributed by atoms with Crippen molar-refractivity contribution in [1.29, 1.82) is 0 Å². The fourth-order valence-corrected chi connectivity index (χ4v) is 3.69. The van der Waals surface area contributed by atoms with E-state index in [1.54, 1.807) is 17.8 Å². The summed E-state index contributed by atoms with van der Waals surface area (Å²) in [5, 5.41) is 17.0. The highest BCUT2D eigenvalue weighted by molar-refractivity contribution is 5.99. The van der Waals surface area contributed by atoms with E-state index in [4.69, 9.17) is 4.74 Å². The first kappa shape index (κ1) is 19.1. The molecule has 1 saturated carbocycles. The van der Waals surface area contributed by atoms with Crippen molar-refractivity contribution in [3.63, 3.8) is 0 Å². The van der Waals surface area contributed by atoms with Crippen LogP contribution < -0.4 is 5.32 Å². The Morgan fingerprint density at radius 1 is 1.33 bits per heavy atom. The third-order valence-corrected chi connectivity index (χ3v) is 5.62. The van der Waals surface area contributed by atoms with Gasteiger partial charge in [-0.3, -0.25) is 4.79 Å². The molecule has 0 saturated heterocycles. The molecule has 1 amide bonds. The zero-order valence-corrected chi connectivity index (χ0v) is 16.0. The number of carboxylic acids is 1. The van der Waals surface area contributed by atoms with Crippen molar-refractivity contribution in [2.75, 3.05) is 6.61 Å². The predicted octanol–water partition coefficient (Wildman–Crippen LogP) is 2.57. The van der Waals surface area contributed by atoms with Gasteiger partial charge in [0.2, 0.25) is 0 Å². The number of carbonyl (C=O) groups is 2. The number of carboxylic acid groups (broad SMARTS) is 1. The van der Waals surface area contributed by atoms with Gasteiger partial charge < -0.3 is 15.2 Å². The van der Waals surface area contributed by atoms with Crippen molar-refractivity contribution >= 4 is 11.9 Å². The van der Waals surface area contributed by atoms with Gasteiger partial charge in [-0.25, -0.2) is 9.48 Å². The highest BCUT2D eigenvalue weighted by Gasteiger charge is 2.66. The van der Waals surface area contributed by atoms with Gasteiger partial charge in [0.05, 0.1) is 23.0 Å². The van der Waals surface area contributed by atoms with Crippen molar-refractivity contribution in [3.05, 3.63) is 47.8 Å². The molecule has 1 heterocycles. The number of para-hydroxylation sites is 1. The number of hydrogen-bond donors (Lipinski definition) is 2. The fourth-order valence-electron chi connectivity index (χ4n) is 3.69. The van der Waals surface area contributed by atoms with E-state index in [0.29, 0.717) is 17.9 Å². The summed E-state index contributed by atoms with van der Waals surface area (Å²) in [5.74, 6) is -1.50. The number of aryl methyl sites for hydroxylation is 1. The van der Waals surface area contributed by atoms with Gasteiger partial charge in [-0.2, -0.15) is 5.10 Å². The zero-order chi connectivity index (χ0) is 19.8. The molecular weight excluding hydrogens is 346 g/mol. The molecule has 1 fully saturated rings. The van der Waals surface area contributed by atoms with Gasteiger partial charge in [-0.1, -0.05) is 32.0 Å². The van der Waals surface area contributed by atoms with Crippen LogP contribution in [-0.4, -0.2) is 45.0 Å². The maximum atomic E-state index is 12.9. The molecule has 7 heteroatoms. The lowest BCUT2D eigenvalue weighted by molar-refractivity contribution is -0.190. The van der Waals surface area contributed by atoms with Crippen molar-refractivity contribution in [2.45, 2.75) is 45.8 Å². The predicted molar refractivity (Wildman–Crippen MR) is 99.9 cm³/mol. The smallest absolute Gasteiger partial charge is 0.330 e. The molecule has 144 valence electrons. The zero-order valence-electron chi connectivity index (χ0n) is 16.0. The number of aromatic nitrogens is 2. The highest BCUT2D eigenvalue weighted by Crippen LogP contribution is 2.51. The number of nitrogens with zero attached hydrogens (tertiary/aromatic N) is 2. The normalized spacial score (nSPS) is 23.5. The lowest BCUT2D eigenvalue weighted by atomic mass is 9.54. The molecular formula is C20H25N3O4. The van der Waals surface area contributed by atoms with Crippen LogP contribution in [-0.2, 0) is 9.53 Å². The van der Waals surface area contributed by atoms with Gasteiger partial charge in [0.1, 0.15) is 5.54 Å². The SMILES string of the molecule is CCOC1CC(NC(=O)c2cn(-c3ccccc3)nc2C)(C(=O)O)C1(C)C. The minimum absolute atomic E-state index is 0.216. The summed E-state index contributed by atoms with van der Waals surface area (Å²) in [7, 11) is 0. The Bertz CT molecular complexity index is 859. The maximum Gasteiger partial charge on any atom is 0.330 e. The first-order chi connectivity index (χ1) is 12.7. The molecule has 0 spiro atoms. The Hall–Kier alpha value is -2.67. The standard InChI is InChI=1S/C20H25N3O4/c1-5-27-16-11-20(18(25)26,19(16,3)4)21-17(24)15-12-23(22-13(15)2)14-9-7-6-8-10-14/h6-10,12,16H,5,11H2,1-4H3,(H,21,24)(H,25,26). The minimum atomic E-state index is -1.37. The molecule has 3 rings (SSSR count). The molecule has 2 unspecified atom stereocenters. The molecule has 1 aliphatic rings. The molecule has 1 aromatic carbocycles. The third kappa shape index (κ3) is 3.02. The van der Waals surface area contributed by atoms with Crippen LogP contribution in [0.5, 0.6) is 0 Å². The largest absolute Gasteiger partial charge is 0.479 e. The Kier molecular flexibility index (Phi) is 4.82. The van der Waals surface area contributed by atoms with Gasteiger partial charge in [-0.15, -0.1) is 0 Å². The minimum Gasteiger partial charge on any atom is -0.479 e. The van der Waals surface area contributed by atoms with E-state index in [2.05, 4.69) is 10.4 Å². The lowest BCUT2D eigenvalue weighted by Crippen LogP contribution is -2.76. The van der Waals surface area contributed by atoms with Crippen LogP contribution in [0.4, 0.5) is 0 Å². The molecule has 0 aliphatic heterocycles. The second kappa shape index (κ2) is 6.81. The average molecular weight is 371 g/mol. The van der Waals surface area contributed by atoms with Crippen LogP contribution in [0.1, 0.15) is 43.2 Å². The first-order valence-corrected chi connectivity index (χ1v) is 9.02. The van der Waals surface area contributed by atoms with E-state index < -0.39 is 22.8 Å². The summed E-state index contributed by atoms with van der Waals surface area (Å²) in [5.41, 5.74) is -0.377. The quantitative estimate of drug-likeness (QED) is 0.814. The number of aliphatic carboxylic acids is 1. The van der Waals surface area contributed by atoms with Crippen LogP contribution in [0.3, 0.4) is 0 Å². The van der Waals surface area contributed by atoms with Crippen LogP contribution >= 0.6 is 0 Å². The Labute approximate surface area is 158 Å². The summed E-state index contributed by atoms with van der Waals surface area (Å²) >= 11 is 0. The van der Waals surface area contributed by atoms with Crippen molar-refractivity contribution in [3.8, 4) is 5.69 Å². The van der Waals surface area contributed by atoms with Gasteiger partial charge in [-0.05, 0) is 26.0 Å². The number of rotatable bonds is 6. The number of ether oxygens (including phenoxy) is 1. The highest BCUT2D eigenvalue weighted by atomic mass is 16.5. The molecule has 1 aromatic heterocycles. The van der Waals surface area contributed by atoms with E-state index in [9.17, 15) is 14.7 Å². The van der Waals surface area contributed by atoms with E-state index in [-0.39, 0.29) is 12.5 Å². The number of hydrogen-bond acceptors (Lipinski definition) is 4. The average Bonchev–Trinajstić information content (AvgIpc) is 3.03. The number of amides is 1. The second-order valence-corrected chi connectivity index (χ2v) is 7.44. The van der Waals surface area contributed by atoms with Crippen LogP contribution in [0.15, 0.2) is 36.5 Å². The van der Waals surface area contributed by atoms with Gasteiger partial charge >= 0.3 is 5.97 Å². The molecule has 0 bridgehead atoms. The van der Waals surface area contributed by atoms with Gasteiger partial charge in [0.25, 0.3) is 5.91 Å². The van der Waals surface area contributed by atoms with Crippen molar-refractivity contribution in [1.82, 2.24) is 15.1 Å². The Morgan fingerprint density at radius 2 is 2.00 bits per heavy atom. The van der Waals surface area contributed by atoms with Crippen LogP contribution in [0, 0.1) is 12.3 Å². The third-order valence-electron chi connectivity index (χ3n) is 5.62. The van der Waals surface area contributed by atoms with Crippen molar-refractivity contribution < 1.29 is 19.4 Å². The Balaban J connectivity index is 1.86. The molecule has 2 N–H and O–H groups in total. The monoisotopic (exact) mass is 371 g/mol. The van der Waals surface area contributed by atoms with Crippen LogP contribution in [0.2, 0.25) is 0 Å². The van der Waals surface area contributed by atoms with E-state index in [0.717, 1.165) is 5.69 Å². The van der Waals surface area contributed by atoms with E-state index >= 15 is 0 Å². The van der Waals surface area contributed by atoms with Crippen LogP contribution in [0.25, 0.3) is 5.69 Å². The molecule has 0 radical (unpaired) electrons. The molecule has 2 aromatic rings. The van der Waals surface area contributed by atoms with Crippen molar-refractivity contribution in [2.24, 2.45) is 5.41 Å². The van der Waals surface area contributed by atoms with E-state index in [1.165, 1.54) is 0 Å². The maximum absolute atomic E-state index is 12.9. The fraction of sp³-hybridized carbons (Fsp3) is 0.450. The lowest BCUT2D eigenvalue weighted by Gasteiger charge is -2.58. The molecule has 1 aliphatic carbocycles. The molecule has 27 heavy (non-hydrogen) atoms. The summed E-state index contributed by atoms with van der Waals surface area (Å²) in [6.07, 6.45) is 1.65. The molecule has 7 nitrogen and oxygen atoms in total. The van der Waals surface area contributed by atoms with Gasteiger partial charge in [0.15, 0.2) is 0 Å². The first-order valence-electron chi connectivity index (χ1n) is 9.02. The number of carbonyl (C=O) groups excluding carboxylic acids is 1. The topological polar surface area (TPSA) is 93.5 Å². The number of benzene rings is 1. The van der Waals surface area contributed by atoms with E-state index in [1.807, 2.05) is 51.1 Å². The summed E-state index contributed by atoms with van der Waals surface area (Å²) < 4.78 is 7.26. The summed E-state index contributed by atoms with van der Waals surface area (Å²) in [4.78, 5) is 25.0. The molecule has 2 atom stereocenters. The summed E-state index contributed by atoms with van der Waals surface area (Å²) in [6.45, 7) is 7.73. The summed E-state index contributed by atoms with van der Waals surface area (Å²) in [6, 6.07) is 9.44. The number of nitrogens with one attached hydrogen (secondary N) is 1. The Morgan fingerprint density at radius 3 is 2.56 bits per heavy atom.